The Balaban J connectivity index is 5.00. The van der Waals surface area contributed by atoms with Gasteiger partial charge in [0.15, 0.2) is 0 Å². The second-order valence-corrected chi connectivity index (χ2v) is 5.32. The van der Waals surface area contributed by atoms with Crippen LogP contribution in [0.25, 0.3) is 0 Å². The lowest BCUT2D eigenvalue weighted by Gasteiger charge is -2.19. The molecular weight excluding hydrogens is 186 g/mol. The van der Waals surface area contributed by atoms with Gasteiger partial charge in [0.25, 0.3) is 0 Å². The lowest BCUT2D eigenvalue weighted by atomic mass is 9.88. The standard InChI is InChI=1S/C9H15NS2/c1-9(2,3)7(6-10)8(11-4)12-5/h1-5H3. The molecule has 0 saturated carbocycles. The highest BCUT2D eigenvalue weighted by atomic mass is 32.2. The van der Waals surface area contributed by atoms with Crippen LogP contribution >= 0.6 is 23.5 Å². The quantitative estimate of drug-likeness (QED) is 0.639. The number of rotatable bonds is 2. The highest BCUT2D eigenvalue weighted by molar-refractivity contribution is 8.21. The highest BCUT2D eigenvalue weighted by Crippen LogP contribution is 2.36. The predicted molar refractivity (Wildman–Crippen MR) is 59.1 cm³/mol. The third kappa shape index (κ3) is 3.12. The van der Waals surface area contributed by atoms with Gasteiger partial charge in [0, 0.05) is 0 Å². The van der Waals surface area contributed by atoms with Crippen molar-refractivity contribution in [2.24, 2.45) is 5.41 Å². The SMILES string of the molecule is CSC(SC)=C(C#N)C(C)(C)C. The van der Waals surface area contributed by atoms with E-state index in [1.54, 1.807) is 23.5 Å². The maximum absolute atomic E-state index is 8.96. The van der Waals surface area contributed by atoms with Crippen LogP contribution in [0.2, 0.25) is 0 Å². The van der Waals surface area contributed by atoms with E-state index in [0.717, 1.165) is 9.81 Å². The molecule has 0 aliphatic heterocycles. The third-order valence-electron chi connectivity index (χ3n) is 1.44. The summed E-state index contributed by atoms with van der Waals surface area (Å²) in [6, 6.07) is 2.28. The van der Waals surface area contributed by atoms with Crippen LogP contribution in [-0.2, 0) is 0 Å². The average molecular weight is 201 g/mol. The molecule has 0 atom stereocenters. The zero-order valence-corrected chi connectivity index (χ0v) is 9.90. The summed E-state index contributed by atoms with van der Waals surface area (Å²) in [5.41, 5.74) is 0.860. The summed E-state index contributed by atoms with van der Waals surface area (Å²) in [4.78, 5) is 0. The van der Waals surface area contributed by atoms with E-state index >= 15 is 0 Å². The van der Waals surface area contributed by atoms with Crippen LogP contribution in [-0.4, -0.2) is 12.5 Å². The summed E-state index contributed by atoms with van der Waals surface area (Å²) in [5.74, 6) is 0. The Kier molecular flexibility index (Phi) is 4.81. The van der Waals surface area contributed by atoms with Gasteiger partial charge in [-0.05, 0) is 17.9 Å². The van der Waals surface area contributed by atoms with E-state index in [9.17, 15) is 0 Å². The number of nitriles is 1. The molecule has 0 radical (unpaired) electrons. The smallest absolute Gasteiger partial charge is 0.0970 e. The van der Waals surface area contributed by atoms with Gasteiger partial charge in [-0.1, -0.05) is 20.8 Å². The van der Waals surface area contributed by atoms with Crippen LogP contribution in [0.1, 0.15) is 20.8 Å². The first-order chi connectivity index (χ1) is 5.47. The van der Waals surface area contributed by atoms with Gasteiger partial charge in [-0.15, -0.1) is 23.5 Å². The average Bonchev–Trinajstić information content (AvgIpc) is 1.97. The second kappa shape index (κ2) is 4.84. The molecule has 3 heteroatoms. The normalized spacial score (nSPS) is 10.7. The zero-order valence-electron chi connectivity index (χ0n) is 8.26. The molecule has 0 aromatic carbocycles. The van der Waals surface area contributed by atoms with Crippen LogP contribution < -0.4 is 0 Å². The first kappa shape index (κ1) is 11.9. The molecule has 0 aromatic rings. The van der Waals surface area contributed by atoms with E-state index in [1.807, 2.05) is 12.5 Å². The fourth-order valence-corrected chi connectivity index (χ4v) is 2.59. The van der Waals surface area contributed by atoms with Crippen molar-refractivity contribution in [2.45, 2.75) is 20.8 Å². The molecule has 0 rings (SSSR count). The van der Waals surface area contributed by atoms with E-state index in [-0.39, 0.29) is 5.41 Å². The third-order valence-corrected chi connectivity index (χ3v) is 3.59. The lowest BCUT2D eigenvalue weighted by molar-refractivity contribution is 0.520. The summed E-state index contributed by atoms with van der Waals surface area (Å²) < 4.78 is 1.13. The Morgan fingerprint density at radius 1 is 1.17 bits per heavy atom. The zero-order chi connectivity index (χ0) is 9.78. The van der Waals surface area contributed by atoms with Gasteiger partial charge < -0.3 is 0 Å². The molecule has 0 fully saturated rings. The monoisotopic (exact) mass is 201 g/mol. The number of nitrogens with zero attached hydrogens (tertiary/aromatic N) is 1. The van der Waals surface area contributed by atoms with Gasteiger partial charge in [-0.3, -0.25) is 0 Å². The number of allylic oxidation sites excluding steroid dienone is 1. The largest absolute Gasteiger partial charge is 0.193 e. The number of hydrogen-bond donors (Lipinski definition) is 0. The Labute approximate surface area is 83.6 Å². The second-order valence-electron chi connectivity index (χ2n) is 3.43. The summed E-state index contributed by atoms with van der Waals surface area (Å²) in [7, 11) is 0. The maximum atomic E-state index is 8.96. The Morgan fingerprint density at radius 2 is 1.58 bits per heavy atom. The maximum Gasteiger partial charge on any atom is 0.0970 e. The van der Waals surface area contributed by atoms with E-state index in [2.05, 4.69) is 26.8 Å². The van der Waals surface area contributed by atoms with Crippen LogP contribution in [0.15, 0.2) is 9.81 Å². The Bertz CT molecular complexity index is 212. The number of hydrogen-bond acceptors (Lipinski definition) is 3. The molecular formula is C9H15NS2. The molecule has 0 saturated heterocycles. The van der Waals surface area contributed by atoms with Gasteiger partial charge in [0.2, 0.25) is 0 Å². The van der Waals surface area contributed by atoms with E-state index in [4.69, 9.17) is 5.26 Å². The Morgan fingerprint density at radius 3 is 1.67 bits per heavy atom. The molecule has 0 spiro atoms. The van der Waals surface area contributed by atoms with Crippen molar-refractivity contribution >= 4 is 23.5 Å². The summed E-state index contributed by atoms with van der Waals surface area (Å²) in [5, 5.41) is 8.96. The number of thioether (sulfide) groups is 2. The fourth-order valence-electron chi connectivity index (χ4n) is 0.807. The van der Waals surface area contributed by atoms with Crippen LogP contribution in [0.4, 0.5) is 0 Å². The van der Waals surface area contributed by atoms with Gasteiger partial charge in [-0.2, -0.15) is 5.26 Å². The minimum atomic E-state index is -0.0316. The van der Waals surface area contributed by atoms with Crippen molar-refractivity contribution in [3.63, 3.8) is 0 Å². The molecule has 0 unspecified atom stereocenters. The summed E-state index contributed by atoms with van der Waals surface area (Å²) in [6.07, 6.45) is 4.02. The van der Waals surface area contributed by atoms with Crippen molar-refractivity contribution < 1.29 is 0 Å². The van der Waals surface area contributed by atoms with Gasteiger partial charge in [0.1, 0.15) is 0 Å². The van der Waals surface area contributed by atoms with Crippen molar-refractivity contribution in [2.75, 3.05) is 12.5 Å². The highest BCUT2D eigenvalue weighted by Gasteiger charge is 2.20. The molecule has 12 heavy (non-hydrogen) atoms. The molecule has 0 bridgehead atoms. The summed E-state index contributed by atoms with van der Waals surface area (Å²) in [6.45, 7) is 6.20. The molecule has 0 amide bonds. The Hall–Kier alpha value is -0.0700. The topological polar surface area (TPSA) is 23.8 Å². The van der Waals surface area contributed by atoms with Gasteiger partial charge in [0.05, 0.1) is 15.9 Å². The fraction of sp³-hybridized carbons (Fsp3) is 0.667. The van der Waals surface area contributed by atoms with Crippen molar-refractivity contribution in [3.8, 4) is 6.07 Å². The molecule has 0 N–H and O–H groups in total. The minimum absolute atomic E-state index is 0.0316. The van der Waals surface area contributed by atoms with E-state index in [0.29, 0.717) is 0 Å². The van der Waals surface area contributed by atoms with Crippen LogP contribution in [0, 0.1) is 16.7 Å². The van der Waals surface area contributed by atoms with Gasteiger partial charge in [-0.25, -0.2) is 0 Å². The molecule has 0 aliphatic rings. The first-order valence-electron chi connectivity index (χ1n) is 3.70. The summed E-state index contributed by atoms with van der Waals surface area (Å²) >= 11 is 3.30. The molecule has 1 nitrogen and oxygen atoms in total. The van der Waals surface area contributed by atoms with Crippen molar-refractivity contribution in [3.05, 3.63) is 9.81 Å². The molecule has 0 aromatic heterocycles. The van der Waals surface area contributed by atoms with Crippen molar-refractivity contribution in [1.29, 1.82) is 5.26 Å². The minimum Gasteiger partial charge on any atom is -0.193 e. The van der Waals surface area contributed by atoms with Crippen LogP contribution in [0.3, 0.4) is 0 Å². The molecule has 0 aliphatic carbocycles. The van der Waals surface area contributed by atoms with E-state index < -0.39 is 0 Å². The molecule has 0 heterocycles. The van der Waals surface area contributed by atoms with Gasteiger partial charge >= 0.3 is 0 Å². The lowest BCUT2D eigenvalue weighted by Crippen LogP contribution is -2.09. The van der Waals surface area contributed by atoms with E-state index in [1.165, 1.54) is 0 Å². The molecule has 68 valence electrons. The first-order valence-corrected chi connectivity index (χ1v) is 6.15. The predicted octanol–water partition coefficient (Wildman–Crippen LogP) is 3.49. The van der Waals surface area contributed by atoms with Crippen molar-refractivity contribution in [1.82, 2.24) is 0 Å². The van der Waals surface area contributed by atoms with Crippen LogP contribution in [0.5, 0.6) is 0 Å².